The molecule has 35 heavy (non-hydrogen) atoms. The highest BCUT2D eigenvalue weighted by Gasteiger charge is 2.42. The van der Waals surface area contributed by atoms with Crippen molar-refractivity contribution in [3.05, 3.63) is 59.3 Å². The third-order valence-corrected chi connectivity index (χ3v) is 7.35. The van der Waals surface area contributed by atoms with Gasteiger partial charge >= 0.3 is 0 Å². The first-order valence-electron chi connectivity index (χ1n) is 12.3. The molecule has 0 amide bonds. The molecule has 1 fully saturated rings. The van der Waals surface area contributed by atoms with E-state index in [-0.39, 0.29) is 12.1 Å². The number of rotatable bonds is 4. The molecule has 4 aliphatic rings. The van der Waals surface area contributed by atoms with Gasteiger partial charge in [0.25, 0.3) is 0 Å². The minimum absolute atomic E-state index is 0.196. The normalized spacial score (nSPS) is 22.7. The molecule has 0 saturated carbocycles. The van der Waals surface area contributed by atoms with Crippen LogP contribution in [0.3, 0.4) is 0 Å². The molecule has 2 aromatic heterocycles. The number of hydrogen-bond donors (Lipinski definition) is 2. The molecule has 176 valence electrons. The second kappa shape index (κ2) is 8.04. The average molecular weight is 466 g/mol. The van der Waals surface area contributed by atoms with Gasteiger partial charge in [0.1, 0.15) is 29.7 Å². The standard InChI is InChI=1S/C26H27N9/c27-23-21-22(18-12-17-7-8-28-24(17)29-13-18)33-35(26(21)31-15-30-23)14-19-11-16-5-1-2-6-20(16)32-25(19)34-9-3-4-10-34/h1-2,5-6,11-13,15,21,26H,3-4,7-10,14H2,(H,28,29)(H2,27,30,31). The van der Waals surface area contributed by atoms with Crippen LogP contribution in [0, 0.1) is 5.92 Å². The van der Waals surface area contributed by atoms with Crippen molar-refractivity contribution in [1.29, 1.82) is 0 Å². The Bertz CT molecular complexity index is 1400. The van der Waals surface area contributed by atoms with Crippen LogP contribution in [0.5, 0.6) is 0 Å². The van der Waals surface area contributed by atoms with Gasteiger partial charge < -0.3 is 16.0 Å². The number of nitrogens with zero attached hydrogens (tertiary/aromatic N) is 7. The van der Waals surface area contributed by atoms with E-state index in [0.29, 0.717) is 12.4 Å². The lowest BCUT2D eigenvalue weighted by Gasteiger charge is -2.28. The van der Waals surface area contributed by atoms with Crippen LogP contribution >= 0.6 is 0 Å². The number of benzene rings is 1. The summed E-state index contributed by atoms with van der Waals surface area (Å²) in [6.07, 6.45) is 6.57. The van der Waals surface area contributed by atoms with Crippen LogP contribution in [0.4, 0.5) is 11.6 Å². The number of nitrogens with one attached hydrogen (secondary N) is 1. The summed E-state index contributed by atoms with van der Waals surface area (Å²) in [6, 6.07) is 12.7. The van der Waals surface area contributed by atoms with Gasteiger partial charge in [-0.1, -0.05) is 18.2 Å². The molecule has 3 N–H and O–H groups in total. The van der Waals surface area contributed by atoms with E-state index in [4.69, 9.17) is 20.8 Å². The molecule has 0 aliphatic carbocycles. The van der Waals surface area contributed by atoms with Gasteiger partial charge in [-0.2, -0.15) is 5.10 Å². The molecule has 2 unspecified atom stereocenters. The van der Waals surface area contributed by atoms with E-state index >= 15 is 0 Å². The predicted octanol–water partition coefficient (Wildman–Crippen LogP) is 2.76. The SMILES string of the molecule is NC1=NC=NC2C1C(c1cnc3c(c1)CCN3)=NN2Cc1cc2ccccc2nc1N1CCCC1. The monoisotopic (exact) mass is 465 g/mol. The zero-order valence-electron chi connectivity index (χ0n) is 19.4. The van der Waals surface area contributed by atoms with E-state index < -0.39 is 0 Å². The Balaban J connectivity index is 1.30. The molecule has 7 rings (SSSR count). The van der Waals surface area contributed by atoms with Crippen LogP contribution in [-0.4, -0.2) is 58.7 Å². The lowest BCUT2D eigenvalue weighted by atomic mass is 9.93. The molecular formula is C26H27N9. The summed E-state index contributed by atoms with van der Waals surface area (Å²) in [5, 5.41) is 11.6. The smallest absolute Gasteiger partial charge is 0.154 e. The van der Waals surface area contributed by atoms with Crippen molar-refractivity contribution in [3.8, 4) is 0 Å². The molecule has 3 aromatic rings. The van der Waals surface area contributed by atoms with Gasteiger partial charge in [0.05, 0.1) is 17.8 Å². The largest absolute Gasteiger partial charge is 0.386 e. The molecule has 1 aromatic carbocycles. The summed E-state index contributed by atoms with van der Waals surface area (Å²) >= 11 is 0. The van der Waals surface area contributed by atoms with E-state index in [1.165, 1.54) is 18.4 Å². The summed E-state index contributed by atoms with van der Waals surface area (Å²) in [5.41, 5.74) is 11.7. The van der Waals surface area contributed by atoms with Crippen LogP contribution < -0.4 is 16.0 Å². The number of aliphatic imine (C=N–C) groups is 2. The molecule has 4 aliphatic heterocycles. The van der Waals surface area contributed by atoms with Gasteiger partial charge in [-0.05, 0) is 43.0 Å². The molecule has 0 spiro atoms. The van der Waals surface area contributed by atoms with Crippen molar-refractivity contribution in [2.45, 2.75) is 32.0 Å². The molecule has 0 bridgehead atoms. The molecule has 9 nitrogen and oxygen atoms in total. The summed E-state index contributed by atoms with van der Waals surface area (Å²) in [5.74, 6) is 2.36. The van der Waals surface area contributed by atoms with Crippen LogP contribution in [0.2, 0.25) is 0 Å². The minimum atomic E-state index is -0.230. The number of hydrazone groups is 1. The summed E-state index contributed by atoms with van der Waals surface area (Å²) in [4.78, 5) is 21.1. The first kappa shape index (κ1) is 20.4. The van der Waals surface area contributed by atoms with Crippen molar-refractivity contribution in [2.75, 3.05) is 29.9 Å². The Kier molecular flexibility index (Phi) is 4.68. The molecule has 0 radical (unpaired) electrons. The second-order valence-corrected chi connectivity index (χ2v) is 9.56. The van der Waals surface area contributed by atoms with Crippen molar-refractivity contribution < 1.29 is 0 Å². The molecule has 6 heterocycles. The Hall–Kier alpha value is -4.01. The van der Waals surface area contributed by atoms with Gasteiger partial charge in [-0.3, -0.25) is 5.01 Å². The van der Waals surface area contributed by atoms with Crippen LogP contribution in [0.15, 0.2) is 57.7 Å². The fraction of sp³-hybridized carbons (Fsp3) is 0.346. The number of pyridine rings is 2. The number of nitrogens with two attached hydrogens (primary N) is 1. The maximum atomic E-state index is 6.42. The van der Waals surface area contributed by atoms with E-state index in [0.717, 1.165) is 65.4 Å². The summed E-state index contributed by atoms with van der Waals surface area (Å²) in [6.45, 7) is 3.58. The highest BCUT2D eigenvalue weighted by atomic mass is 15.5. The molecule has 9 heteroatoms. The molecule has 2 atom stereocenters. The number of para-hydroxylation sites is 1. The number of hydrogen-bond acceptors (Lipinski definition) is 9. The molecular weight excluding hydrogens is 438 g/mol. The number of amidine groups is 1. The fourth-order valence-electron chi connectivity index (χ4n) is 5.60. The van der Waals surface area contributed by atoms with Crippen LogP contribution in [0.25, 0.3) is 10.9 Å². The lowest BCUT2D eigenvalue weighted by molar-refractivity contribution is 0.214. The average Bonchev–Trinajstić information content (AvgIpc) is 3.64. The summed E-state index contributed by atoms with van der Waals surface area (Å²) < 4.78 is 0. The van der Waals surface area contributed by atoms with Crippen LogP contribution in [0.1, 0.15) is 29.5 Å². The maximum Gasteiger partial charge on any atom is 0.154 e. The summed E-state index contributed by atoms with van der Waals surface area (Å²) in [7, 11) is 0. The van der Waals surface area contributed by atoms with Crippen molar-refractivity contribution >= 4 is 40.4 Å². The Morgan fingerprint density at radius 1 is 1.11 bits per heavy atom. The Labute approximate surface area is 203 Å². The first-order valence-corrected chi connectivity index (χ1v) is 12.3. The molecule has 1 saturated heterocycles. The zero-order valence-corrected chi connectivity index (χ0v) is 19.4. The number of fused-ring (bicyclic) bond motifs is 3. The highest BCUT2D eigenvalue weighted by molar-refractivity contribution is 6.17. The number of aromatic nitrogens is 2. The van der Waals surface area contributed by atoms with Crippen molar-refractivity contribution in [1.82, 2.24) is 15.0 Å². The predicted molar refractivity (Wildman–Crippen MR) is 139 cm³/mol. The first-order chi connectivity index (χ1) is 17.2. The number of anilines is 2. The van der Waals surface area contributed by atoms with Gasteiger partial charge in [-0.15, -0.1) is 0 Å². The van der Waals surface area contributed by atoms with E-state index in [1.54, 1.807) is 6.34 Å². The minimum Gasteiger partial charge on any atom is -0.386 e. The van der Waals surface area contributed by atoms with Crippen molar-refractivity contribution in [3.63, 3.8) is 0 Å². The Morgan fingerprint density at radius 3 is 2.91 bits per heavy atom. The zero-order chi connectivity index (χ0) is 23.4. The Morgan fingerprint density at radius 2 is 2.00 bits per heavy atom. The van der Waals surface area contributed by atoms with E-state index in [2.05, 4.69) is 55.5 Å². The quantitative estimate of drug-likeness (QED) is 0.614. The third-order valence-electron chi connectivity index (χ3n) is 7.35. The highest BCUT2D eigenvalue weighted by Crippen LogP contribution is 2.34. The topological polar surface area (TPSA) is 107 Å². The van der Waals surface area contributed by atoms with Gasteiger partial charge in [0, 0.05) is 42.3 Å². The van der Waals surface area contributed by atoms with Gasteiger partial charge in [0.2, 0.25) is 0 Å². The second-order valence-electron chi connectivity index (χ2n) is 9.56. The third kappa shape index (κ3) is 3.41. The van der Waals surface area contributed by atoms with Gasteiger partial charge in [-0.25, -0.2) is 20.0 Å². The van der Waals surface area contributed by atoms with Crippen LogP contribution in [-0.2, 0) is 13.0 Å². The van der Waals surface area contributed by atoms with E-state index in [1.807, 2.05) is 12.3 Å². The lowest BCUT2D eigenvalue weighted by Crippen LogP contribution is -2.42. The van der Waals surface area contributed by atoms with Gasteiger partial charge in [0.15, 0.2) is 6.17 Å². The fourth-order valence-corrected chi connectivity index (χ4v) is 5.60. The van der Waals surface area contributed by atoms with Crippen molar-refractivity contribution in [2.24, 2.45) is 26.7 Å². The maximum absolute atomic E-state index is 6.42. The van der Waals surface area contributed by atoms with E-state index in [9.17, 15) is 0 Å².